The summed E-state index contributed by atoms with van der Waals surface area (Å²) in [4.78, 5) is 0. The Morgan fingerprint density at radius 3 is 2.48 bits per heavy atom. The molecule has 0 aliphatic carbocycles. The largest absolute Gasteiger partial charge is 0.493 e. The van der Waals surface area contributed by atoms with Crippen molar-refractivity contribution in [2.45, 2.75) is 32.2 Å². The highest BCUT2D eigenvalue weighted by Crippen LogP contribution is 2.28. The van der Waals surface area contributed by atoms with E-state index < -0.39 is 0 Å². The average molecular weight is 341 g/mol. The van der Waals surface area contributed by atoms with E-state index >= 15 is 0 Å². The van der Waals surface area contributed by atoms with Crippen LogP contribution in [0.4, 0.5) is 0 Å². The van der Waals surface area contributed by atoms with E-state index in [9.17, 15) is 0 Å². The maximum atomic E-state index is 5.55. The molecule has 1 aromatic heterocycles. The van der Waals surface area contributed by atoms with Crippen LogP contribution < -0.4 is 19.8 Å². The summed E-state index contributed by atoms with van der Waals surface area (Å²) in [7, 11) is 3.30. The molecule has 0 bridgehead atoms. The highest BCUT2D eigenvalue weighted by Gasteiger charge is 2.07. The zero-order chi connectivity index (χ0) is 17.9. The van der Waals surface area contributed by atoms with E-state index in [0.717, 1.165) is 36.6 Å². The third kappa shape index (κ3) is 5.91. The Kier molecular flexibility index (Phi) is 7.99. The SMILES string of the molecule is COc1ccc(/C=C/c2cccc[n+]2CCCCCCN)cc1OC. The van der Waals surface area contributed by atoms with E-state index in [-0.39, 0.29) is 0 Å². The molecule has 4 nitrogen and oxygen atoms in total. The minimum atomic E-state index is 0.741. The van der Waals surface area contributed by atoms with Gasteiger partial charge in [-0.1, -0.05) is 12.5 Å². The molecule has 0 unspecified atom stereocenters. The number of methoxy groups -OCH3 is 2. The Morgan fingerprint density at radius 1 is 0.920 bits per heavy atom. The lowest BCUT2D eigenvalue weighted by Crippen LogP contribution is -2.36. The Hall–Kier alpha value is -2.33. The molecule has 1 aromatic carbocycles. The number of ether oxygens (including phenoxy) is 2. The van der Waals surface area contributed by atoms with Gasteiger partial charge in [-0.2, -0.15) is 4.57 Å². The van der Waals surface area contributed by atoms with E-state index in [0.29, 0.717) is 0 Å². The van der Waals surface area contributed by atoms with Crippen LogP contribution in [0.1, 0.15) is 36.9 Å². The van der Waals surface area contributed by atoms with Gasteiger partial charge in [0.05, 0.1) is 14.2 Å². The quantitative estimate of drug-likeness (QED) is 0.530. The maximum absolute atomic E-state index is 5.55. The molecule has 4 heteroatoms. The number of rotatable bonds is 10. The molecule has 2 N–H and O–H groups in total. The van der Waals surface area contributed by atoms with E-state index in [4.69, 9.17) is 15.2 Å². The van der Waals surface area contributed by atoms with Gasteiger partial charge in [0.1, 0.15) is 6.54 Å². The van der Waals surface area contributed by atoms with Gasteiger partial charge in [-0.15, -0.1) is 0 Å². The summed E-state index contributed by atoms with van der Waals surface area (Å²) < 4.78 is 12.9. The fourth-order valence-electron chi connectivity index (χ4n) is 2.76. The van der Waals surface area contributed by atoms with E-state index in [2.05, 4.69) is 41.1 Å². The van der Waals surface area contributed by atoms with Crippen molar-refractivity contribution < 1.29 is 14.0 Å². The van der Waals surface area contributed by atoms with Crippen LogP contribution in [0.3, 0.4) is 0 Å². The molecule has 25 heavy (non-hydrogen) atoms. The zero-order valence-electron chi connectivity index (χ0n) is 15.3. The minimum Gasteiger partial charge on any atom is -0.493 e. The summed E-state index contributed by atoms with van der Waals surface area (Å²) >= 11 is 0. The standard InChI is InChI=1S/C21H29N2O2/c1-24-20-13-11-18(17-21(20)25-2)10-12-19-9-5-8-16-23(19)15-7-4-3-6-14-22/h5,8-13,16-17H,3-4,6-7,14-15,22H2,1-2H3/q+1/b12-10+. The van der Waals surface area contributed by atoms with Crippen LogP contribution in [-0.4, -0.2) is 20.8 Å². The molecule has 0 aliphatic heterocycles. The third-order valence-corrected chi connectivity index (χ3v) is 4.18. The first-order valence-electron chi connectivity index (χ1n) is 8.87. The van der Waals surface area contributed by atoms with Crippen LogP contribution in [0.5, 0.6) is 11.5 Å². The van der Waals surface area contributed by atoms with Crippen LogP contribution in [0, 0.1) is 0 Å². The van der Waals surface area contributed by atoms with Crippen LogP contribution in [0.15, 0.2) is 42.6 Å². The molecular formula is C21H29N2O2+. The second-order valence-electron chi connectivity index (χ2n) is 5.97. The van der Waals surface area contributed by atoms with Crippen LogP contribution >= 0.6 is 0 Å². The van der Waals surface area contributed by atoms with Gasteiger partial charge < -0.3 is 15.2 Å². The molecule has 2 rings (SSSR count). The van der Waals surface area contributed by atoms with Crippen molar-refractivity contribution in [2.24, 2.45) is 5.73 Å². The van der Waals surface area contributed by atoms with Crippen molar-refractivity contribution in [1.29, 1.82) is 0 Å². The van der Waals surface area contributed by atoms with Gasteiger partial charge in [-0.25, -0.2) is 0 Å². The Labute approximate surface area is 150 Å². The molecule has 2 aromatic rings. The molecule has 134 valence electrons. The first kappa shape index (κ1) is 19.0. The smallest absolute Gasteiger partial charge is 0.205 e. The van der Waals surface area contributed by atoms with Crippen molar-refractivity contribution >= 4 is 12.2 Å². The molecule has 0 saturated heterocycles. The molecule has 0 fully saturated rings. The number of hydrogen-bond donors (Lipinski definition) is 1. The Bertz CT molecular complexity index is 683. The lowest BCUT2D eigenvalue weighted by molar-refractivity contribution is -0.699. The number of aryl methyl sites for hydroxylation is 1. The normalized spacial score (nSPS) is 11.0. The van der Waals surface area contributed by atoms with Crippen molar-refractivity contribution in [2.75, 3.05) is 20.8 Å². The molecule has 0 aliphatic rings. The fourth-order valence-corrected chi connectivity index (χ4v) is 2.76. The maximum Gasteiger partial charge on any atom is 0.205 e. The molecular weight excluding hydrogens is 312 g/mol. The predicted molar refractivity (Wildman–Crippen MR) is 103 cm³/mol. The predicted octanol–water partition coefficient (Wildman–Crippen LogP) is 3.68. The van der Waals surface area contributed by atoms with E-state index in [1.807, 2.05) is 18.2 Å². The second-order valence-corrected chi connectivity index (χ2v) is 5.97. The zero-order valence-corrected chi connectivity index (χ0v) is 15.3. The Morgan fingerprint density at radius 2 is 1.72 bits per heavy atom. The van der Waals surface area contributed by atoms with Crippen LogP contribution in [-0.2, 0) is 6.54 Å². The van der Waals surface area contributed by atoms with Crippen molar-refractivity contribution in [3.63, 3.8) is 0 Å². The van der Waals surface area contributed by atoms with E-state index in [1.54, 1.807) is 14.2 Å². The molecule has 0 atom stereocenters. The summed E-state index contributed by atoms with van der Waals surface area (Å²) in [5.41, 5.74) is 7.82. The monoisotopic (exact) mass is 341 g/mol. The molecule has 0 spiro atoms. The van der Waals surface area contributed by atoms with Gasteiger partial charge in [0.15, 0.2) is 17.7 Å². The first-order chi connectivity index (χ1) is 12.3. The number of aromatic nitrogens is 1. The second kappa shape index (κ2) is 10.5. The highest BCUT2D eigenvalue weighted by atomic mass is 16.5. The highest BCUT2D eigenvalue weighted by molar-refractivity contribution is 5.68. The van der Waals surface area contributed by atoms with Gasteiger partial charge in [-0.3, -0.25) is 0 Å². The van der Waals surface area contributed by atoms with Crippen molar-refractivity contribution in [1.82, 2.24) is 0 Å². The number of nitrogens with two attached hydrogens (primary N) is 1. The lowest BCUT2D eigenvalue weighted by Gasteiger charge is -2.07. The summed E-state index contributed by atoms with van der Waals surface area (Å²) in [5.74, 6) is 1.48. The van der Waals surface area contributed by atoms with Gasteiger partial charge >= 0.3 is 0 Å². The molecule has 0 amide bonds. The van der Waals surface area contributed by atoms with Crippen LogP contribution in [0.25, 0.3) is 12.2 Å². The van der Waals surface area contributed by atoms with Crippen LogP contribution in [0.2, 0.25) is 0 Å². The number of benzene rings is 1. The summed E-state index contributed by atoms with van der Waals surface area (Å²) in [6.45, 7) is 1.81. The molecule has 0 radical (unpaired) electrons. The fraction of sp³-hybridized carbons (Fsp3) is 0.381. The number of unbranched alkanes of at least 4 members (excludes halogenated alkanes) is 3. The first-order valence-corrected chi connectivity index (χ1v) is 8.87. The topological polar surface area (TPSA) is 48.4 Å². The summed E-state index contributed by atoms with van der Waals surface area (Å²) in [6, 6.07) is 12.2. The third-order valence-electron chi connectivity index (χ3n) is 4.18. The number of nitrogens with zero attached hydrogens (tertiary/aromatic N) is 1. The van der Waals surface area contributed by atoms with E-state index in [1.165, 1.54) is 25.0 Å². The Balaban J connectivity index is 2.05. The lowest BCUT2D eigenvalue weighted by atomic mass is 10.1. The van der Waals surface area contributed by atoms with Gasteiger partial charge in [-0.05, 0) is 49.2 Å². The van der Waals surface area contributed by atoms with Crippen molar-refractivity contribution in [3.05, 3.63) is 53.9 Å². The summed E-state index contributed by atoms with van der Waals surface area (Å²) in [5, 5.41) is 0. The van der Waals surface area contributed by atoms with Crippen molar-refractivity contribution in [3.8, 4) is 11.5 Å². The van der Waals surface area contributed by atoms with Gasteiger partial charge in [0.2, 0.25) is 5.69 Å². The summed E-state index contributed by atoms with van der Waals surface area (Å²) in [6.07, 6.45) is 11.1. The van der Waals surface area contributed by atoms with Gasteiger partial charge in [0.25, 0.3) is 0 Å². The molecule has 1 heterocycles. The number of pyridine rings is 1. The number of hydrogen-bond acceptors (Lipinski definition) is 3. The van der Waals surface area contributed by atoms with Gasteiger partial charge in [0, 0.05) is 24.6 Å². The molecule has 0 saturated carbocycles. The average Bonchev–Trinajstić information content (AvgIpc) is 2.66. The minimum absolute atomic E-state index is 0.741.